The van der Waals surface area contributed by atoms with Crippen LogP contribution in [0.2, 0.25) is 0 Å². The number of allylic oxidation sites excluding steroid dienone is 2. The van der Waals surface area contributed by atoms with Gasteiger partial charge >= 0.3 is 0 Å². The number of benzene rings is 2. The standard InChI is InChI=1S/C23H28N2O/c1-24(25-12-4-7-21(25)15-26)23-20-11-10-19(14-20)22(23)18-9-8-16-5-2-3-6-17(16)13-18/h2-3,5-6,8-9,13,19-21,26H,4,7,10-12,14-15H2,1H3/t19?,20?,21-/m1/s1. The molecule has 1 saturated heterocycles. The van der Waals surface area contributed by atoms with Crippen molar-refractivity contribution in [1.29, 1.82) is 0 Å². The van der Waals surface area contributed by atoms with Gasteiger partial charge in [-0.25, -0.2) is 5.01 Å². The minimum atomic E-state index is 0.261. The van der Waals surface area contributed by atoms with Crippen LogP contribution in [-0.4, -0.2) is 41.4 Å². The first-order valence-electron chi connectivity index (χ1n) is 10.1. The number of rotatable bonds is 4. The van der Waals surface area contributed by atoms with Gasteiger partial charge in [-0.3, -0.25) is 0 Å². The Bertz CT molecular complexity index is 858. The summed E-state index contributed by atoms with van der Waals surface area (Å²) < 4.78 is 0. The number of hydrazine groups is 1. The maximum Gasteiger partial charge on any atom is 0.0605 e. The highest BCUT2D eigenvalue weighted by Crippen LogP contribution is 2.53. The predicted molar refractivity (Wildman–Crippen MR) is 106 cm³/mol. The Kier molecular flexibility index (Phi) is 4.02. The fraction of sp³-hybridized carbons (Fsp3) is 0.478. The molecule has 3 nitrogen and oxygen atoms in total. The lowest BCUT2D eigenvalue weighted by Crippen LogP contribution is -2.45. The summed E-state index contributed by atoms with van der Waals surface area (Å²) in [6, 6.07) is 15.9. The molecule has 2 fully saturated rings. The van der Waals surface area contributed by atoms with E-state index >= 15 is 0 Å². The van der Waals surface area contributed by atoms with Gasteiger partial charge in [-0.1, -0.05) is 36.4 Å². The molecule has 136 valence electrons. The Morgan fingerprint density at radius 2 is 1.85 bits per heavy atom. The van der Waals surface area contributed by atoms with E-state index in [1.807, 2.05) is 0 Å². The third-order valence-electron chi connectivity index (χ3n) is 6.85. The van der Waals surface area contributed by atoms with E-state index in [4.69, 9.17) is 0 Å². The quantitative estimate of drug-likeness (QED) is 0.893. The highest BCUT2D eigenvalue weighted by molar-refractivity contribution is 5.87. The molecule has 26 heavy (non-hydrogen) atoms. The van der Waals surface area contributed by atoms with Crippen LogP contribution >= 0.6 is 0 Å². The van der Waals surface area contributed by atoms with Crippen molar-refractivity contribution in [3.05, 3.63) is 53.7 Å². The molecule has 2 unspecified atom stereocenters. The molecule has 0 radical (unpaired) electrons. The fourth-order valence-corrected chi connectivity index (χ4v) is 5.64. The summed E-state index contributed by atoms with van der Waals surface area (Å²) in [7, 11) is 2.23. The summed E-state index contributed by atoms with van der Waals surface area (Å²) in [5, 5.41) is 17.3. The Balaban J connectivity index is 1.59. The first-order valence-corrected chi connectivity index (χ1v) is 10.1. The first kappa shape index (κ1) is 16.3. The average Bonchev–Trinajstić information content (AvgIpc) is 3.42. The summed E-state index contributed by atoms with van der Waals surface area (Å²) in [6.07, 6.45) is 6.24. The molecule has 3 atom stereocenters. The minimum Gasteiger partial charge on any atom is -0.395 e. The molecule has 1 aliphatic heterocycles. The van der Waals surface area contributed by atoms with E-state index in [-0.39, 0.29) is 12.6 Å². The largest absolute Gasteiger partial charge is 0.395 e. The van der Waals surface area contributed by atoms with Gasteiger partial charge in [0.25, 0.3) is 0 Å². The van der Waals surface area contributed by atoms with E-state index in [9.17, 15) is 5.11 Å². The van der Waals surface area contributed by atoms with Crippen molar-refractivity contribution >= 4 is 16.3 Å². The third kappa shape index (κ3) is 2.49. The molecule has 2 aliphatic carbocycles. The van der Waals surface area contributed by atoms with Crippen LogP contribution in [-0.2, 0) is 0 Å². The van der Waals surface area contributed by atoms with Crippen molar-refractivity contribution < 1.29 is 5.11 Å². The number of fused-ring (bicyclic) bond motifs is 3. The van der Waals surface area contributed by atoms with Gasteiger partial charge < -0.3 is 10.1 Å². The van der Waals surface area contributed by atoms with Crippen molar-refractivity contribution in [2.24, 2.45) is 11.8 Å². The lowest BCUT2D eigenvalue weighted by molar-refractivity contribution is -0.00853. The third-order valence-corrected chi connectivity index (χ3v) is 6.85. The molecular weight excluding hydrogens is 320 g/mol. The molecular formula is C23H28N2O. The predicted octanol–water partition coefficient (Wildman–Crippen LogP) is 4.28. The number of hydrogen-bond acceptors (Lipinski definition) is 3. The van der Waals surface area contributed by atoms with Crippen molar-refractivity contribution in [1.82, 2.24) is 10.0 Å². The molecule has 3 aliphatic rings. The zero-order valence-corrected chi connectivity index (χ0v) is 15.6. The molecule has 0 aromatic heterocycles. The van der Waals surface area contributed by atoms with Gasteiger partial charge in [-0.15, -0.1) is 0 Å². The zero-order chi connectivity index (χ0) is 17.7. The molecule has 2 bridgehead atoms. The second-order valence-electron chi connectivity index (χ2n) is 8.23. The van der Waals surface area contributed by atoms with Crippen molar-refractivity contribution in [3.8, 4) is 0 Å². The first-order chi connectivity index (χ1) is 12.8. The van der Waals surface area contributed by atoms with E-state index in [1.165, 1.54) is 47.7 Å². The molecule has 3 heteroatoms. The highest BCUT2D eigenvalue weighted by atomic mass is 16.3. The van der Waals surface area contributed by atoms with Crippen molar-refractivity contribution in [3.63, 3.8) is 0 Å². The number of hydrogen-bond donors (Lipinski definition) is 1. The smallest absolute Gasteiger partial charge is 0.0605 e. The van der Waals surface area contributed by atoms with Gasteiger partial charge in [0.05, 0.1) is 12.6 Å². The van der Waals surface area contributed by atoms with Crippen LogP contribution in [0.3, 0.4) is 0 Å². The highest BCUT2D eigenvalue weighted by Gasteiger charge is 2.43. The molecule has 5 rings (SSSR count). The van der Waals surface area contributed by atoms with Gasteiger partial charge in [0, 0.05) is 25.2 Å². The van der Waals surface area contributed by atoms with E-state index in [1.54, 1.807) is 5.57 Å². The summed E-state index contributed by atoms with van der Waals surface area (Å²) in [6.45, 7) is 1.32. The monoisotopic (exact) mass is 348 g/mol. The lowest BCUT2D eigenvalue weighted by atomic mass is 9.89. The Labute approximate surface area is 155 Å². The number of aliphatic hydroxyl groups is 1. The number of aliphatic hydroxyl groups excluding tert-OH is 1. The van der Waals surface area contributed by atoms with E-state index < -0.39 is 0 Å². The van der Waals surface area contributed by atoms with Crippen LogP contribution in [0.1, 0.15) is 37.7 Å². The molecule has 1 N–H and O–H groups in total. The van der Waals surface area contributed by atoms with Crippen LogP contribution < -0.4 is 0 Å². The lowest BCUT2D eigenvalue weighted by Gasteiger charge is -2.39. The SMILES string of the molecule is CN(C1=C(c2ccc3ccccc3c2)C2CCC1C2)N1CCC[C@@H]1CO. The molecule has 0 spiro atoms. The normalized spacial score (nSPS) is 28.5. The topological polar surface area (TPSA) is 26.7 Å². The Hall–Kier alpha value is -1.84. The summed E-state index contributed by atoms with van der Waals surface area (Å²) >= 11 is 0. The van der Waals surface area contributed by atoms with Gasteiger partial charge in [-0.2, -0.15) is 0 Å². The summed E-state index contributed by atoms with van der Waals surface area (Å²) in [4.78, 5) is 0. The van der Waals surface area contributed by atoms with Crippen LogP contribution in [0.4, 0.5) is 0 Å². The summed E-state index contributed by atoms with van der Waals surface area (Å²) in [5.41, 5.74) is 4.49. The molecule has 1 saturated carbocycles. The molecule has 0 amide bonds. The second-order valence-corrected chi connectivity index (χ2v) is 8.23. The Morgan fingerprint density at radius 3 is 2.69 bits per heavy atom. The maximum atomic E-state index is 9.78. The van der Waals surface area contributed by atoms with Crippen molar-refractivity contribution in [2.45, 2.75) is 38.1 Å². The van der Waals surface area contributed by atoms with Crippen molar-refractivity contribution in [2.75, 3.05) is 20.2 Å². The van der Waals surface area contributed by atoms with Crippen LogP contribution in [0.5, 0.6) is 0 Å². The van der Waals surface area contributed by atoms with E-state index in [0.29, 0.717) is 11.8 Å². The van der Waals surface area contributed by atoms with Crippen LogP contribution in [0.25, 0.3) is 16.3 Å². The average molecular weight is 348 g/mol. The Morgan fingerprint density at radius 1 is 1.04 bits per heavy atom. The van der Waals surface area contributed by atoms with Gasteiger partial charge in [0.1, 0.15) is 0 Å². The number of nitrogens with zero attached hydrogens (tertiary/aromatic N) is 2. The fourth-order valence-electron chi connectivity index (χ4n) is 5.64. The minimum absolute atomic E-state index is 0.261. The molecule has 2 aromatic rings. The van der Waals surface area contributed by atoms with Gasteiger partial charge in [-0.05, 0) is 66.0 Å². The second kappa shape index (κ2) is 6.40. The maximum absolute atomic E-state index is 9.78. The van der Waals surface area contributed by atoms with Gasteiger partial charge in [0.15, 0.2) is 0 Å². The zero-order valence-electron chi connectivity index (χ0n) is 15.6. The van der Waals surface area contributed by atoms with Crippen LogP contribution in [0.15, 0.2) is 48.2 Å². The van der Waals surface area contributed by atoms with Gasteiger partial charge in [0.2, 0.25) is 0 Å². The van der Waals surface area contributed by atoms with E-state index in [2.05, 4.69) is 59.5 Å². The molecule has 1 heterocycles. The molecule has 2 aromatic carbocycles. The summed E-state index contributed by atoms with van der Waals surface area (Å²) in [5.74, 6) is 1.39. The van der Waals surface area contributed by atoms with Crippen LogP contribution in [0, 0.1) is 11.8 Å². The van der Waals surface area contributed by atoms with E-state index in [0.717, 1.165) is 13.0 Å².